The molecular weight excluding hydrogens is 246 g/mol. The van der Waals surface area contributed by atoms with E-state index in [4.69, 9.17) is 0 Å². The zero-order valence-electron chi connectivity index (χ0n) is 13.2. The summed E-state index contributed by atoms with van der Waals surface area (Å²) >= 11 is 0. The summed E-state index contributed by atoms with van der Waals surface area (Å²) in [6.07, 6.45) is 0. The smallest absolute Gasteiger partial charge is 0.0907 e. The van der Waals surface area contributed by atoms with E-state index in [2.05, 4.69) is 74.0 Å². The largest absolute Gasteiger partial charge is 0.298 e. The normalized spacial score (nSPS) is 11.3. The molecule has 3 nitrogen and oxygen atoms in total. The van der Waals surface area contributed by atoms with Crippen molar-refractivity contribution in [2.24, 2.45) is 5.92 Å². The Morgan fingerprint density at radius 1 is 1.20 bits per heavy atom. The molecule has 1 aromatic carbocycles. The Hall–Kier alpha value is -1.61. The van der Waals surface area contributed by atoms with Gasteiger partial charge in [-0.2, -0.15) is 5.10 Å². The predicted molar refractivity (Wildman–Crippen MR) is 84.7 cm³/mol. The fraction of sp³-hybridized carbons (Fsp3) is 0.471. The zero-order valence-corrected chi connectivity index (χ0v) is 13.2. The lowest BCUT2D eigenvalue weighted by Crippen LogP contribution is -2.24. The van der Waals surface area contributed by atoms with Crippen LogP contribution in [-0.4, -0.2) is 16.3 Å². The fourth-order valence-electron chi connectivity index (χ4n) is 2.53. The number of nitrogens with zero attached hydrogens (tertiary/aromatic N) is 2. The van der Waals surface area contributed by atoms with E-state index in [1.54, 1.807) is 0 Å². The molecule has 1 aromatic heterocycles. The first kappa shape index (κ1) is 14.8. The van der Waals surface area contributed by atoms with Crippen LogP contribution in [0.3, 0.4) is 0 Å². The van der Waals surface area contributed by atoms with Crippen LogP contribution in [-0.2, 0) is 6.67 Å². The van der Waals surface area contributed by atoms with Crippen LogP contribution in [0, 0.1) is 26.7 Å². The van der Waals surface area contributed by atoms with Crippen LogP contribution < -0.4 is 5.32 Å². The van der Waals surface area contributed by atoms with Crippen LogP contribution in [0.15, 0.2) is 24.3 Å². The molecule has 0 fully saturated rings. The average Bonchev–Trinajstić information content (AvgIpc) is 2.64. The topological polar surface area (TPSA) is 29.9 Å². The molecule has 2 aromatic rings. The number of hydrogen-bond donors (Lipinski definition) is 1. The molecule has 0 spiro atoms. The van der Waals surface area contributed by atoms with E-state index in [9.17, 15) is 0 Å². The number of benzene rings is 1. The van der Waals surface area contributed by atoms with Gasteiger partial charge in [0.05, 0.1) is 12.4 Å². The van der Waals surface area contributed by atoms with Crippen molar-refractivity contribution in [3.63, 3.8) is 0 Å². The molecule has 1 heterocycles. The molecule has 2 rings (SSSR count). The third kappa shape index (κ3) is 3.28. The standard InChI is InChI=1S/C17H25N3/c1-12(2)10-18-11-20-15(5)17(14(4)19-20)16-8-6-7-13(3)9-16/h6-9,12,18H,10-11H2,1-5H3. The summed E-state index contributed by atoms with van der Waals surface area (Å²) < 4.78 is 2.06. The number of rotatable bonds is 5. The van der Waals surface area contributed by atoms with Crippen LogP contribution in [0.1, 0.15) is 30.8 Å². The first-order valence-electron chi connectivity index (χ1n) is 7.30. The van der Waals surface area contributed by atoms with Crippen molar-refractivity contribution in [2.45, 2.75) is 41.3 Å². The molecule has 0 aliphatic carbocycles. The van der Waals surface area contributed by atoms with Crippen molar-refractivity contribution in [2.75, 3.05) is 6.54 Å². The Balaban J connectivity index is 2.25. The van der Waals surface area contributed by atoms with E-state index in [0.29, 0.717) is 5.92 Å². The minimum atomic E-state index is 0.656. The molecule has 0 aliphatic heterocycles. The van der Waals surface area contributed by atoms with Gasteiger partial charge in [-0.05, 0) is 38.8 Å². The Bertz CT molecular complexity index is 582. The second kappa shape index (κ2) is 6.23. The molecule has 0 radical (unpaired) electrons. The quantitative estimate of drug-likeness (QED) is 0.899. The van der Waals surface area contributed by atoms with E-state index in [1.165, 1.54) is 22.4 Å². The van der Waals surface area contributed by atoms with Crippen molar-refractivity contribution in [3.05, 3.63) is 41.2 Å². The molecule has 0 amide bonds. The Labute approximate surface area is 122 Å². The average molecular weight is 271 g/mol. The van der Waals surface area contributed by atoms with Crippen molar-refractivity contribution >= 4 is 0 Å². The van der Waals surface area contributed by atoms with Gasteiger partial charge >= 0.3 is 0 Å². The van der Waals surface area contributed by atoms with Gasteiger partial charge in [-0.1, -0.05) is 43.7 Å². The number of aromatic nitrogens is 2. The summed E-state index contributed by atoms with van der Waals surface area (Å²) in [6.45, 7) is 12.6. The van der Waals surface area contributed by atoms with Crippen molar-refractivity contribution in [1.29, 1.82) is 0 Å². The van der Waals surface area contributed by atoms with Gasteiger partial charge in [-0.3, -0.25) is 10.00 Å². The van der Waals surface area contributed by atoms with Crippen LogP contribution in [0.4, 0.5) is 0 Å². The van der Waals surface area contributed by atoms with Gasteiger partial charge in [0.2, 0.25) is 0 Å². The maximum Gasteiger partial charge on any atom is 0.0907 e. The minimum Gasteiger partial charge on any atom is -0.298 e. The summed E-state index contributed by atoms with van der Waals surface area (Å²) in [5.74, 6) is 0.656. The third-order valence-corrected chi connectivity index (χ3v) is 3.50. The molecular formula is C17H25N3. The van der Waals surface area contributed by atoms with E-state index in [1.807, 2.05) is 0 Å². The number of hydrogen-bond acceptors (Lipinski definition) is 2. The summed E-state index contributed by atoms with van der Waals surface area (Å²) in [6, 6.07) is 8.62. The SMILES string of the molecule is Cc1cccc(-c2c(C)nn(CNCC(C)C)c2C)c1. The second-order valence-corrected chi connectivity index (χ2v) is 5.92. The van der Waals surface area contributed by atoms with Crippen LogP contribution in [0.5, 0.6) is 0 Å². The maximum absolute atomic E-state index is 4.67. The fourth-order valence-corrected chi connectivity index (χ4v) is 2.53. The highest BCUT2D eigenvalue weighted by molar-refractivity contribution is 5.69. The lowest BCUT2D eigenvalue weighted by atomic mass is 10.0. The van der Waals surface area contributed by atoms with Gasteiger partial charge in [0.1, 0.15) is 0 Å². The highest BCUT2D eigenvalue weighted by Gasteiger charge is 2.13. The molecule has 0 bridgehead atoms. The Morgan fingerprint density at radius 2 is 1.95 bits per heavy atom. The van der Waals surface area contributed by atoms with Gasteiger partial charge in [-0.25, -0.2) is 0 Å². The number of aryl methyl sites for hydroxylation is 2. The molecule has 0 saturated heterocycles. The monoisotopic (exact) mass is 271 g/mol. The molecule has 1 N–H and O–H groups in total. The Kier molecular flexibility index (Phi) is 4.61. The maximum atomic E-state index is 4.67. The minimum absolute atomic E-state index is 0.656. The molecule has 0 atom stereocenters. The predicted octanol–water partition coefficient (Wildman–Crippen LogP) is 3.68. The van der Waals surface area contributed by atoms with E-state index >= 15 is 0 Å². The summed E-state index contributed by atoms with van der Waals surface area (Å²) in [5, 5.41) is 8.11. The van der Waals surface area contributed by atoms with Gasteiger partial charge in [-0.15, -0.1) is 0 Å². The molecule has 20 heavy (non-hydrogen) atoms. The van der Waals surface area contributed by atoms with Crippen molar-refractivity contribution in [3.8, 4) is 11.1 Å². The number of nitrogens with one attached hydrogen (secondary N) is 1. The molecule has 0 saturated carbocycles. The first-order valence-corrected chi connectivity index (χ1v) is 7.30. The molecule has 108 valence electrons. The van der Waals surface area contributed by atoms with Gasteiger partial charge in [0.25, 0.3) is 0 Å². The summed E-state index contributed by atoms with van der Waals surface area (Å²) in [4.78, 5) is 0. The molecule has 3 heteroatoms. The van der Waals surface area contributed by atoms with Crippen molar-refractivity contribution < 1.29 is 0 Å². The van der Waals surface area contributed by atoms with Crippen LogP contribution in [0.2, 0.25) is 0 Å². The molecule has 0 unspecified atom stereocenters. The van der Waals surface area contributed by atoms with E-state index in [-0.39, 0.29) is 0 Å². The second-order valence-electron chi connectivity index (χ2n) is 5.92. The Morgan fingerprint density at radius 3 is 2.60 bits per heavy atom. The highest BCUT2D eigenvalue weighted by Crippen LogP contribution is 2.27. The first-order chi connectivity index (χ1) is 9.49. The summed E-state index contributed by atoms with van der Waals surface area (Å²) in [5.41, 5.74) is 6.13. The van der Waals surface area contributed by atoms with Crippen LogP contribution >= 0.6 is 0 Å². The van der Waals surface area contributed by atoms with Crippen molar-refractivity contribution in [1.82, 2.24) is 15.1 Å². The summed E-state index contributed by atoms with van der Waals surface area (Å²) in [7, 11) is 0. The lowest BCUT2D eigenvalue weighted by molar-refractivity contribution is 0.458. The van der Waals surface area contributed by atoms with Gasteiger partial charge < -0.3 is 0 Å². The highest BCUT2D eigenvalue weighted by atomic mass is 15.3. The van der Waals surface area contributed by atoms with E-state index in [0.717, 1.165) is 18.9 Å². The van der Waals surface area contributed by atoms with E-state index < -0.39 is 0 Å². The van der Waals surface area contributed by atoms with Gasteiger partial charge in [0, 0.05) is 11.3 Å². The zero-order chi connectivity index (χ0) is 14.7. The van der Waals surface area contributed by atoms with Crippen LogP contribution in [0.25, 0.3) is 11.1 Å². The molecule has 0 aliphatic rings. The lowest BCUT2D eigenvalue weighted by Gasteiger charge is -2.09. The third-order valence-electron chi connectivity index (χ3n) is 3.50. The van der Waals surface area contributed by atoms with Gasteiger partial charge in [0.15, 0.2) is 0 Å².